The molecule has 2 saturated carbocycles. The third-order valence-electron chi connectivity index (χ3n) is 7.45. The highest BCUT2D eigenvalue weighted by Crippen LogP contribution is 2.57. The van der Waals surface area contributed by atoms with Gasteiger partial charge >= 0.3 is 0 Å². The van der Waals surface area contributed by atoms with Crippen molar-refractivity contribution in [2.45, 2.75) is 62.2 Å². The van der Waals surface area contributed by atoms with E-state index < -0.39 is 10.8 Å². The molecule has 4 aromatic rings. The molecule has 7 nitrogen and oxygen atoms in total. The summed E-state index contributed by atoms with van der Waals surface area (Å²) in [5.74, 6) is 1.56. The van der Waals surface area contributed by atoms with Crippen LogP contribution in [0.25, 0.3) is 22.9 Å². The van der Waals surface area contributed by atoms with Crippen LogP contribution in [0.15, 0.2) is 45.6 Å². The predicted octanol–water partition coefficient (Wildman–Crippen LogP) is 6.18. The van der Waals surface area contributed by atoms with E-state index in [0.29, 0.717) is 33.2 Å². The lowest BCUT2D eigenvalue weighted by Crippen LogP contribution is -2.46. The van der Waals surface area contributed by atoms with Crippen LogP contribution in [0, 0.1) is 0 Å². The number of nitrogen functional groups attached to an aromatic ring is 2. The molecule has 0 radical (unpaired) electrons. The van der Waals surface area contributed by atoms with Crippen molar-refractivity contribution in [1.29, 1.82) is 0 Å². The molecule has 4 heterocycles. The number of nitrogens with two attached hydrogens (primary N) is 2. The number of anilines is 2. The Balaban J connectivity index is 1.53. The minimum Gasteiger partial charge on any atom is -0.463 e. The van der Waals surface area contributed by atoms with Crippen LogP contribution in [0.4, 0.5) is 10.3 Å². The maximum absolute atomic E-state index is 15.0. The Morgan fingerprint density at radius 2 is 1.18 bits per heavy atom. The number of hydrogen-bond acceptors (Lipinski definition) is 9. The number of carbonyl (C=O) groups is 1. The molecule has 4 N–H and O–H groups in total. The molecule has 6 rings (SSSR count). The van der Waals surface area contributed by atoms with Gasteiger partial charge in [-0.3, -0.25) is 4.79 Å². The largest absolute Gasteiger partial charge is 0.463 e. The van der Waals surface area contributed by atoms with Crippen LogP contribution in [-0.2, 0) is 15.6 Å². The highest BCUT2D eigenvalue weighted by atomic mass is 32.1. The Bertz CT molecular complexity index is 1210. The first kappa shape index (κ1) is 21.6. The summed E-state index contributed by atoms with van der Waals surface area (Å²) in [4.78, 5) is 26.1. The number of aromatic nitrogens is 2. The van der Waals surface area contributed by atoms with Crippen molar-refractivity contribution >= 4 is 38.7 Å². The van der Waals surface area contributed by atoms with Gasteiger partial charge in [0.25, 0.3) is 0 Å². The summed E-state index contributed by atoms with van der Waals surface area (Å²) in [5.41, 5.74) is 12.5. The molecule has 2 aliphatic rings. The first-order valence-corrected chi connectivity index (χ1v) is 13.3. The quantitative estimate of drug-likeness (QED) is 0.328. The molecule has 34 heavy (non-hydrogen) atoms. The lowest BCUT2D eigenvalue weighted by Gasteiger charge is -2.37. The molecular weight excluding hydrogens is 468 g/mol. The number of furan rings is 2. The van der Waals surface area contributed by atoms with Gasteiger partial charge in [-0.1, -0.05) is 25.7 Å². The molecule has 0 amide bonds. The first-order valence-electron chi connectivity index (χ1n) is 11.7. The van der Waals surface area contributed by atoms with E-state index in [1.54, 1.807) is 12.5 Å². The summed E-state index contributed by atoms with van der Waals surface area (Å²) in [6.07, 6.45) is 10.4. The van der Waals surface area contributed by atoms with Crippen molar-refractivity contribution in [1.82, 2.24) is 9.97 Å². The van der Waals surface area contributed by atoms with E-state index in [9.17, 15) is 4.79 Å². The normalized spacial score (nSPS) is 19.1. The fraction of sp³-hybridized carbons (Fsp3) is 0.400. The van der Waals surface area contributed by atoms with E-state index in [1.165, 1.54) is 22.7 Å². The molecule has 2 fully saturated rings. The molecule has 0 atom stereocenters. The first-order chi connectivity index (χ1) is 16.5. The minimum atomic E-state index is -0.652. The summed E-state index contributed by atoms with van der Waals surface area (Å²) in [7, 11) is 0. The number of ketones is 1. The van der Waals surface area contributed by atoms with Gasteiger partial charge in [-0.05, 0) is 49.9 Å². The van der Waals surface area contributed by atoms with E-state index in [4.69, 9.17) is 20.3 Å². The lowest BCUT2D eigenvalue weighted by atomic mass is 9.65. The Kier molecular flexibility index (Phi) is 5.14. The number of hydrogen-bond donors (Lipinski definition) is 2. The van der Waals surface area contributed by atoms with E-state index >= 15 is 0 Å². The van der Waals surface area contributed by atoms with Crippen molar-refractivity contribution in [3.63, 3.8) is 0 Å². The molecule has 0 bridgehead atoms. The zero-order valence-electron chi connectivity index (χ0n) is 18.7. The predicted molar refractivity (Wildman–Crippen MR) is 134 cm³/mol. The van der Waals surface area contributed by atoms with Gasteiger partial charge < -0.3 is 20.3 Å². The molecular formula is C25H26N4O3S2. The maximum atomic E-state index is 15.0. The van der Waals surface area contributed by atoms with Crippen molar-refractivity contribution < 1.29 is 13.6 Å². The van der Waals surface area contributed by atoms with E-state index in [1.807, 2.05) is 24.3 Å². The minimum absolute atomic E-state index is 0.253. The molecule has 0 saturated heterocycles. The second kappa shape index (κ2) is 8.09. The van der Waals surface area contributed by atoms with Crippen LogP contribution in [-0.4, -0.2) is 15.8 Å². The Morgan fingerprint density at radius 3 is 1.53 bits per heavy atom. The number of carbonyl (C=O) groups excluding carboxylic acids is 1. The molecule has 9 heteroatoms. The van der Waals surface area contributed by atoms with Gasteiger partial charge in [0.05, 0.1) is 33.1 Å². The van der Waals surface area contributed by atoms with Crippen LogP contribution < -0.4 is 11.5 Å². The maximum Gasteiger partial charge on any atom is 0.180 e. The fourth-order valence-electron chi connectivity index (χ4n) is 6.01. The molecule has 0 spiro atoms. The average Bonchev–Trinajstić information content (AvgIpc) is 3.64. The lowest BCUT2D eigenvalue weighted by molar-refractivity contribution is -0.130. The Labute approximate surface area is 205 Å². The number of thiazole rings is 2. The summed E-state index contributed by atoms with van der Waals surface area (Å²) >= 11 is 2.85. The molecule has 176 valence electrons. The van der Waals surface area contributed by atoms with Crippen LogP contribution in [0.5, 0.6) is 0 Å². The van der Waals surface area contributed by atoms with Gasteiger partial charge in [0.2, 0.25) is 0 Å². The summed E-state index contributed by atoms with van der Waals surface area (Å²) in [5, 5.41) is 0.915. The van der Waals surface area contributed by atoms with Crippen LogP contribution in [0.2, 0.25) is 0 Å². The summed E-state index contributed by atoms with van der Waals surface area (Å²) < 4.78 is 11.4. The van der Waals surface area contributed by atoms with Crippen LogP contribution in [0.3, 0.4) is 0 Å². The summed E-state index contributed by atoms with van der Waals surface area (Å²) in [6, 6.07) is 7.45. The van der Waals surface area contributed by atoms with Gasteiger partial charge in [-0.2, -0.15) is 0 Å². The average molecular weight is 495 g/mol. The molecule has 0 aromatic carbocycles. The van der Waals surface area contributed by atoms with Crippen LogP contribution >= 0.6 is 22.7 Å². The van der Waals surface area contributed by atoms with E-state index in [2.05, 4.69) is 9.97 Å². The standard InChI is InChI=1S/C25H26N4O3S2/c26-22-28-17(15-7-5-13-31-15)19(33-22)24(9-1-2-10-24)21(30)25(11-3-4-12-25)20-18(29-23(27)34-20)16-8-6-14-32-16/h5-8,13-14H,1-4,9-12H2,(H2,26,28)(H2,27,29). The molecule has 4 aromatic heterocycles. The topological polar surface area (TPSA) is 121 Å². The van der Waals surface area contributed by atoms with Gasteiger partial charge in [-0.15, -0.1) is 22.7 Å². The van der Waals surface area contributed by atoms with Gasteiger partial charge in [-0.25, -0.2) is 9.97 Å². The zero-order valence-corrected chi connectivity index (χ0v) is 20.3. The Morgan fingerprint density at radius 1 is 0.765 bits per heavy atom. The van der Waals surface area contributed by atoms with E-state index in [-0.39, 0.29) is 5.78 Å². The second-order valence-electron chi connectivity index (χ2n) is 9.32. The van der Waals surface area contributed by atoms with Crippen molar-refractivity contribution in [2.75, 3.05) is 11.5 Å². The van der Waals surface area contributed by atoms with Crippen molar-refractivity contribution in [3.8, 4) is 22.9 Å². The van der Waals surface area contributed by atoms with Crippen molar-refractivity contribution in [3.05, 3.63) is 46.5 Å². The van der Waals surface area contributed by atoms with Gasteiger partial charge in [0.15, 0.2) is 27.6 Å². The third kappa shape index (κ3) is 3.17. The molecule has 2 aliphatic carbocycles. The van der Waals surface area contributed by atoms with Crippen molar-refractivity contribution in [2.24, 2.45) is 0 Å². The van der Waals surface area contributed by atoms with Crippen LogP contribution in [0.1, 0.15) is 61.1 Å². The molecule has 0 unspecified atom stereocenters. The summed E-state index contributed by atoms with van der Waals surface area (Å²) in [6.45, 7) is 0. The highest BCUT2D eigenvalue weighted by molar-refractivity contribution is 7.16. The van der Waals surface area contributed by atoms with Gasteiger partial charge in [0.1, 0.15) is 11.4 Å². The number of nitrogens with zero attached hydrogens (tertiary/aromatic N) is 2. The van der Waals surface area contributed by atoms with E-state index in [0.717, 1.165) is 61.1 Å². The fourth-order valence-corrected chi connectivity index (χ4v) is 8.17. The number of rotatable bonds is 6. The smallest absolute Gasteiger partial charge is 0.180 e. The highest BCUT2D eigenvalue weighted by Gasteiger charge is 2.57. The monoisotopic (exact) mass is 494 g/mol. The second-order valence-corrected chi connectivity index (χ2v) is 11.4. The SMILES string of the molecule is Nc1nc(-c2ccco2)c(C2(C(=O)C3(c4sc(N)nc4-c4ccco4)CCCC3)CCCC2)s1. The number of Topliss-reactive ketones (excluding diaryl/α,β-unsaturated/α-hetero) is 1. The Hall–Kier alpha value is -2.91. The zero-order chi connectivity index (χ0) is 23.3. The third-order valence-corrected chi connectivity index (χ3v) is 9.63. The van der Waals surface area contributed by atoms with Gasteiger partial charge in [0, 0.05) is 0 Å². The molecule has 0 aliphatic heterocycles.